The summed E-state index contributed by atoms with van der Waals surface area (Å²) >= 11 is 0. The highest BCUT2D eigenvalue weighted by Gasteiger charge is 2.16. The second-order valence-electron chi connectivity index (χ2n) is 3.82. The monoisotopic (exact) mass is 176 g/mol. The lowest BCUT2D eigenvalue weighted by Gasteiger charge is -2.16. The van der Waals surface area contributed by atoms with Crippen LogP contribution in [-0.4, -0.2) is 25.0 Å². The molecule has 0 aliphatic carbocycles. The van der Waals surface area contributed by atoms with Gasteiger partial charge in [-0.3, -0.25) is 0 Å². The van der Waals surface area contributed by atoms with E-state index in [1.807, 2.05) is 0 Å². The van der Waals surface area contributed by atoms with Gasteiger partial charge < -0.3 is 10.6 Å². The van der Waals surface area contributed by atoms with Gasteiger partial charge >= 0.3 is 0 Å². The second-order valence-corrected chi connectivity index (χ2v) is 3.82. The van der Waals surface area contributed by atoms with Crippen LogP contribution in [0, 0.1) is 0 Å². The van der Waals surface area contributed by atoms with E-state index in [0.717, 1.165) is 19.5 Å². The van der Waals surface area contributed by atoms with Crippen LogP contribution >= 0.6 is 0 Å². The van der Waals surface area contributed by atoms with Crippen molar-refractivity contribution in [3.8, 4) is 0 Å². The number of likely N-dealkylation sites (N-methyl/N-ethyl adjacent to an activating group) is 1. The molecule has 1 heterocycles. The SMILES string of the molecule is CN1CCc2ccccc2[C@H](N)C1. The Morgan fingerprint density at radius 2 is 2.15 bits per heavy atom. The highest BCUT2D eigenvalue weighted by molar-refractivity contribution is 5.31. The van der Waals surface area contributed by atoms with Gasteiger partial charge in [-0.05, 0) is 24.6 Å². The normalized spacial score (nSPS) is 23.7. The number of hydrogen-bond donors (Lipinski definition) is 1. The smallest absolute Gasteiger partial charge is 0.0426 e. The minimum Gasteiger partial charge on any atom is -0.323 e. The summed E-state index contributed by atoms with van der Waals surface area (Å²) in [6, 6.07) is 8.69. The largest absolute Gasteiger partial charge is 0.323 e. The molecule has 1 atom stereocenters. The summed E-state index contributed by atoms with van der Waals surface area (Å²) in [7, 11) is 2.13. The molecule has 1 aliphatic heterocycles. The van der Waals surface area contributed by atoms with Gasteiger partial charge in [0.2, 0.25) is 0 Å². The van der Waals surface area contributed by atoms with Crippen LogP contribution < -0.4 is 5.73 Å². The van der Waals surface area contributed by atoms with Crippen molar-refractivity contribution in [3.63, 3.8) is 0 Å². The molecule has 0 bridgehead atoms. The first-order valence-electron chi connectivity index (χ1n) is 4.79. The van der Waals surface area contributed by atoms with Gasteiger partial charge in [0, 0.05) is 19.1 Å². The number of fused-ring (bicyclic) bond motifs is 1. The van der Waals surface area contributed by atoms with Crippen molar-refractivity contribution < 1.29 is 0 Å². The number of nitrogens with zero attached hydrogens (tertiary/aromatic N) is 1. The number of nitrogens with two attached hydrogens (primary N) is 1. The molecule has 0 aromatic heterocycles. The molecule has 1 aromatic rings. The fraction of sp³-hybridized carbons (Fsp3) is 0.455. The van der Waals surface area contributed by atoms with E-state index in [2.05, 4.69) is 36.2 Å². The lowest BCUT2D eigenvalue weighted by Crippen LogP contribution is -2.27. The number of benzene rings is 1. The van der Waals surface area contributed by atoms with Crippen molar-refractivity contribution in [2.45, 2.75) is 12.5 Å². The van der Waals surface area contributed by atoms with Gasteiger partial charge in [0.05, 0.1) is 0 Å². The molecule has 1 aliphatic rings. The van der Waals surface area contributed by atoms with Gasteiger partial charge in [-0.2, -0.15) is 0 Å². The summed E-state index contributed by atoms with van der Waals surface area (Å²) in [5.74, 6) is 0. The Bertz CT molecular complexity index is 296. The molecule has 0 radical (unpaired) electrons. The molecule has 0 saturated carbocycles. The molecule has 2 heteroatoms. The average molecular weight is 176 g/mol. The molecule has 0 amide bonds. The minimum absolute atomic E-state index is 0.184. The average Bonchev–Trinajstić information content (AvgIpc) is 2.27. The summed E-state index contributed by atoms with van der Waals surface area (Å²) in [6.07, 6.45) is 1.13. The summed E-state index contributed by atoms with van der Waals surface area (Å²) in [5, 5.41) is 0. The van der Waals surface area contributed by atoms with E-state index in [4.69, 9.17) is 5.73 Å². The molecule has 0 saturated heterocycles. The Hall–Kier alpha value is -0.860. The van der Waals surface area contributed by atoms with Crippen molar-refractivity contribution in [1.29, 1.82) is 0 Å². The van der Waals surface area contributed by atoms with Gasteiger partial charge in [-0.15, -0.1) is 0 Å². The molecule has 2 rings (SSSR count). The topological polar surface area (TPSA) is 29.3 Å². The molecule has 2 N–H and O–H groups in total. The first kappa shape index (κ1) is 8.73. The molecule has 0 spiro atoms. The van der Waals surface area contributed by atoms with E-state index in [1.54, 1.807) is 0 Å². The van der Waals surface area contributed by atoms with E-state index in [0.29, 0.717) is 0 Å². The van der Waals surface area contributed by atoms with Crippen LogP contribution in [0.3, 0.4) is 0 Å². The zero-order valence-corrected chi connectivity index (χ0v) is 8.03. The van der Waals surface area contributed by atoms with E-state index in [9.17, 15) is 0 Å². The maximum absolute atomic E-state index is 6.10. The van der Waals surface area contributed by atoms with Crippen molar-refractivity contribution >= 4 is 0 Å². The van der Waals surface area contributed by atoms with Crippen LogP contribution in [0.1, 0.15) is 17.2 Å². The Kier molecular flexibility index (Phi) is 2.34. The van der Waals surface area contributed by atoms with Crippen molar-refractivity contribution in [2.75, 3.05) is 20.1 Å². The summed E-state index contributed by atoms with van der Waals surface area (Å²) < 4.78 is 0. The van der Waals surface area contributed by atoms with Crippen LogP contribution in [0.4, 0.5) is 0 Å². The maximum Gasteiger partial charge on any atom is 0.0426 e. The molecule has 70 valence electrons. The molecule has 0 fully saturated rings. The zero-order chi connectivity index (χ0) is 9.26. The van der Waals surface area contributed by atoms with E-state index in [1.165, 1.54) is 11.1 Å². The van der Waals surface area contributed by atoms with Gasteiger partial charge in [-0.25, -0.2) is 0 Å². The third kappa shape index (κ3) is 1.74. The molecular weight excluding hydrogens is 160 g/mol. The van der Waals surface area contributed by atoms with Crippen molar-refractivity contribution in [2.24, 2.45) is 5.73 Å². The predicted octanol–water partition coefficient (Wildman–Crippen LogP) is 1.17. The first-order valence-corrected chi connectivity index (χ1v) is 4.79. The van der Waals surface area contributed by atoms with Crippen LogP contribution in [-0.2, 0) is 6.42 Å². The second kappa shape index (κ2) is 3.48. The standard InChI is InChI=1S/C11H16N2/c1-13-7-6-9-4-2-3-5-10(9)11(12)8-13/h2-5,11H,6-8,12H2,1H3/t11-/m1/s1. The number of hydrogen-bond acceptors (Lipinski definition) is 2. The quantitative estimate of drug-likeness (QED) is 0.643. The Morgan fingerprint density at radius 3 is 3.00 bits per heavy atom. The lowest BCUT2D eigenvalue weighted by molar-refractivity contribution is 0.328. The van der Waals surface area contributed by atoms with Crippen LogP contribution in [0.5, 0.6) is 0 Å². The van der Waals surface area contributed by atoms with E-state index < -0.39 is 0 Å². The lowest BCUT2D eigenvalue weighted by atomic mass is 10.0. The van der Waals surface area contributed by atoms with Crippen LogP contribution in [0.25, 0.3) is 0 Å². The summed E-state index contributed by atoms with van der Waals surface area (Å²) in [6.45, 7) is 2.09. The van der Waals surface area contributed by atoms with Crippen molar-refractivity contribution in [1.82, 2.24) is 4.90 Å². The Labute approximate surface area is 79.4 Å². The number of rotatable bonds is 0. The van der Waals surface area contributed by atoms with Crippen LogP contribution in [0.15, 0.2) is 24.3 Å². The molecule has 1 aromatic carbocycles. The third-order valence-electron chi connectivity index (χ3n) is 2.73. The highest BCUT2D eigenvalue weighted by atomic mass is 15.1. The van der Waals surface area contributed by atoms with Gasteiger partial charge in [0.25, 0.3) is 0 Å². The highest BCUT2D eigenvalue weighted by Crippen LogP contribution is 2.20. The predicted molar refractivity (Wildman–Crippen MR) is 54.6 cm³/mol. The first-order chi connectivity index (χ1) is 6.27. The molecular formula is C11H16N2. The Balaban J connectivity index is 2.35. The third-order valence-corrected chi connectivity index (χ3v) is 2.73. The van der Waals surface area contributed by atoms with E-state index in [-0.39, 0.29) is 6.04 Å². The minimum atomic E-state index is 0.184. The maximum atomic E-state index is 6.10. The molecule has 2 nitrogen and oxygen atoms in total. The zero-order valence-electron chi connectivity index (χ0n) is 8.03. The van der Waals surface area contributed by atoms with Gasteiger partial charge in [-0.1, -0.05) is 24.3 Å². The summed E-state index contributed by atoms with van der Waals surface area (Å²) in [4.78, 5) is 2.30. The molecule has 0 unspecified atom stereocenters. The Morgan fingerprint density at radius 1 is 1.38 bits per heavy atom. The van der Waals surface area contributed by atoms with Crippen molar-refractivity contribution in [3.05, 3.63) is 35.4 Å². The van der Waals surface area contributed by atoms with Crippen LogP contribution in [0.2, 0.25) is 0 Å². The van der Waals surface area contributed by atoms with E-state index >= 15 is 0 Å². The fourth-order valence-electron chi connectivity index (χ4n) is 1.96. The van der Waals surface area contributed by atoms with Gasteiger partial charge in [0.1, 0.15) is 0 Å². The van der Waals surface area contributed by atoms with Gasteiger partial charge in [0.15, 0.2) is 0 Å². The fourth-order valence-corrected chi connectivity index (χ4v) is 1.96. The molecule has 13 heavy (non-hydrogen) atoms. The summed E-state index contributed by atoms with van der Waals surface area (Å²) in [5.41, 5.74) is 8.84.